The van der Waals surface area contributed by atoms with Crippen LogP contribution in [0, 0.1) is 0 Å². The van der Waals surface area contributed by atoms with E-state index in [1.54, 1.807) is 0 Å². The highest BCUT2D eigenvalue weighted by molar-refractivity contribution is 5.73. The van der Waals surface area contributed by atoms with Crippen LogP contribution in [0.4, 0.5) is 4.79 Å². The number of benzene rings is 1. The maximum atomic E-state index is 11.3. The van der Waals surface area contributed by atoms with E-state index in [0.717, 1.165) is 18.7 Å². The van der Waals surface area contributed by atoms with E-state index < -0.39 is 0 Å². The van der Waals surface area contributed by atoms with Crippen molar-refractivity contribution >= 4 is 6.03 Å². The molecular formula is C14H23N3O. The van der Waals surface area contributed by atoms with Crippen molar-refractivity contribution in [1.29, 1.82) is 0 Å². The first-order valence-corrected chi connectivity index (χ1v) is 6.43. The van der Waals surface area contributed by atoms with Gasteiger partial charge in [0.25, 0.3) is 0 Å². The van der Waals surface area contributed by atoms with Gasteiger partial charge in [-0.05, 0) is 31.6 Å². The Morgan fingerprint density at radius 2 is 1.94 bits per heavy atom. The Kier molecular flexibility index (Phi) is 6.22. The van der Waals surface area contributed by atoms with Crippen LogP contribution in [0.3, 0.4) is 0 Å². The minimum absolute atomic E-state index is 0.117. The molecule has 2 N–H and O–H groups in total. The number of carbonyl (C=O) groups is 1. The molecule has 0 unspecified atom stereocenters. The van der Waals surface area contributed by atoms with Crippen LogP contribution >= 0.6 is 0 Å². The Bertz CT molecular complexity index is 379. The normalized spacial score (nSPS) is 10.4. The summed E-state index contributed by atoms with van der Waals surface area (Å²) in [6.07, 6.45) is 0. The number of hydrogen-bond donors (Lipinski definition) is 2. The smallest absolute Gasteiger partial charge is 0.315 e. The molecule has 1 aromatic carbocycles. The average Bonchev–Trinajstić information content (AvgIpc) is 2.37. The number of rotatable bonds is 6. The Labute approximate surface area is 109 Å². The van der Waals surface area contributed by atoms with Crippen LogP contribution < -0.4 is 10.6 Å². The molecule has 100 valence electrons. The Balaban J connectivity index is 2.51. The van der Waals surface area contributed by atoms with Crippen molar-refractivity contribution in [2.75, 3.05) is 20.1 Å². The third-order valence-electron chi connectivity index (χ3n) is 2.77. The molecule has 0 heterocycles. The molecule has 0 saturated heterocycles. The summed E-state index contributed by atoms with van der Waals surface area (Å²) in [6, 6.07) is 8.20. The minimum Gasteiger partial charge on any atom is -0.338 e. The predicted molar refractivity (Wildman–Crippen MR) is 74.4 cm³/mol. The standard InChI is InChI=1S/C14H23N3O/c1-4-15-14(18)16-10-12-7-6-8-13(9-12)11-17(3)5-2/h6-9H,4-5,10-11H2,1-3H3,(H2,15,16,18). The van der Waals surface area contributed by atoms with E-state index in [9.17, 15) is 4.79 Å². The molecule has 0 bridgehead atoms. The van der Waals surface area contributed by atoms with E-state index in [1.807, 2.05) is 19.1 Å². The van der Waals surface area contributed by atoms with E-state index >= 15 is 0 Å². The molecule has 4 nitrogen and oxygen atoms in total. The molecule has 4 heteroatoms. The number of carbonyl (C=O) groups excluding carboxylic acids is 1. The summed E-state index contributed by atoms with van der Waals surface area (Å²) in [7, 11) is 2.10. The maximum absolute atomic E-state index is 11.3. The second kappa shape index (κ2) is 7.71. The molecule has 2 amide bonds. The third-order valence-corrected chi connectivity index (χ3v) is 2.77. The highest BCUT2D eigenvalue weighted by Crippen LogP contribution is 2.07. The fourth-order valence-corrected chi connectivity index (χ4v) is 1.67. The van der Waals surface area contributed by atoms with Gasteiger partial charge in [0.05, 0.1) is 0 Å². The highest BCUT2D eigenvalue weighted by atomic mass is 16.2. The lowest BCUT2D eigenvalue weighted by Gasteiger charge is -2.14. The predicted octanol–water partition coefficient (Wildman–Crippen LogP) is 1.96. The van der Waals surface area contributed by atoms with E-state index in [2.05, 4.69) is 41.6 Å². The number of nitrogens with one attached hydrogen (secondary N) is 2. The summed E-state index contributed by atoms with van der Waals surface area (Å²) in [5.41, 5.74) is 2.40. The van der Waals surface area contributed by atoms with Gasteiger partial charge in [0.2, 0.25) is 0 Å². The second-order valence-electron chi connectivity index (χ2n) is 4.36. The summed E-state index contributed by atoms with van der Waals surface area (Å²) in [4.78, 5) is 13.5. The van der Waals surface area contributed by atoms with Gasteiger partial charge in [-0.3, -0.25) is 0 Å². The first kappa shape index (κ1) is 14.5. The molecule has 0 saturated carbocycles. The van der Waals surface area contributed by atoms with Gasteiger partial charge in [-0.1, -0.05) is 31.2 Å². The van der Waals surface area contributed by atoms with Crippen molar-refractivity contribution < 1.29 is 4.79 Å². The van der Waals surface area contributed by atoms with Gasteiger partial charge in [0, 0.05) is 19.6 Å². The van der Waals surface area contributed by atoms with Crippen LogP contribution in [-0.2, 0) is 13.1 Å². The highest BCUT2D eigenvalue weighted by Gasteiger charge is 2.01. The largest absolute Gasteiger partial charge is 0.338 e. The molecule has 0 spiro atoms. The molecule has 1 aromatic rings. The van der Waals surface area contributed by atoms with Crippen LogP contribution in [0.2, 0.25) is 0 Å². The molecule has 0 fully saturated rings. The number of hydrogen-bond acceptors (Lipinski definition) is 2. The van der Waals surface area contributed by atoms with E-state index in [0.29, 0.717) is 13.1 Å². The maximum Gasteiger partial charge on any atom is 0.315 e. The number of urea groups is 1. The van der Waals surface area contributed by atoms with Gasteiger partial charge in [-0.2, -0.15) is 0 Å². The van der Waals surface area contributed by atoms with Crippen LogP contribution in [0.15, 0.2) is 24.3 Å². The van der Waals surface area contributed by atoms with Crippen LogP contribution in [0.5, 0.6) is 0 Å². The van der Waals surface area contributed by atoms with Crippen molar-refractivity contribution in [3.63, 3.8) is 0 Å². The van der Waals surface area contributed by atoms with Crippen LogP contribution in [-0.4, -0.2) is 31.1 Å². The fourth-order valence-electron chi connectivity index (χ4n) is 1.67. The van der Waals surface area contributed by atoms with Gasteiger partial charge in [-0.25, -0.2) is 4.79 Å². The summed E-state index contributed by atoms with van der Waals surface area (Å²) >= 11 is 0. The monoisotopic (exact) mass is 249 g/mol. The van der Waals surface area contributed by atoms with Gasteiger partial charge in [0.1, 0.15) is 0 Å². The van der Waals surface area contributed by atoms with Crippen molar-refractivity contribution in [2.24, 2.45) is 0 Å². The second-order valence-corrected chi connectivity index (χ2v) is 4.36. The lowest BCUT2D eigenvalue weighted by Crippen LogP contribution is -2.34. The van der Waals surface area contributed by atoms with E-state index in [-0.39, 0.29) is 6.03 Å². The zero-order valence-electron chi connectivity index (χ0n) is 11.5. The number of amides is 2. The van der Waals surface area contributed by atoms with Crippen molar-refractivity contribution in [3.8, 4) is 0 Å². The van der Waals surface area contributed by atoms with Gasteiger partial charge in [-0.15, -0.1) is 0 Å². The van der Waals surface area contributed by atoms with Crippen molar-refractivity contribution in [3.05, 3.63) is 35.4 Å². The van der Waals surface area contributed by atoms with Crippen LogP contribution in [0.1, 0.15) is 25.0 Å². The SMILES string of the molecule is CCNC(=O)NCc1cccc(CN(C)CC)c1. The van der Waals surface area contributed by atoms with Gasteiger partial charge >= 0.3 is 6.03 Å². The molecule has 0 aliphatic carbocycles. The Morgan fingerprint density at radius 1 is 1.22 bits per heavy atom. The Hall–Kier alpha value is -1.55. The first-order chi connectivity index (χ1) is 8.65. The first-order valence-electron chi connectivity index (χ1n) is 6.43. The van der Waals surface area contributed by atoms with Crippen molar-refractivity contribution in [2.45, 2.75) is 26.9 Å². The zero-order valence-corrected chi connectivity index (χ0v) is 11.5. The average molecular weight is 249 g/mol. The molecule has 0 aliphatic heterocycles. The third kappa shape index (κ3) is 5.19. The summed E-state index contributed by atoms with van der Waals surface area (Å²) < 4.78 is 0. The minimum atomic E-state index is -0.117. The summed E-state index contributed by atoms with van der Waals surface area (Å²) in [5, 5.41) is 5.54. The van der Waals surface area contributed by atoms with Crippen molar-refractivity contribution in [1.82, 2.24) is 15.5 Å². The zero-order chi connectivity index (χ0) is 13.4. The van der Waals surface area contributed by atoms with Gasteiger partial charge < -0.3 is 15.5 Å². The topological polar surface area (TPSA) is 44.4 Å². The molecule has 0 atom stereocenters. The molecule has 0 radical (unpaired) electrons. The fraction of sp³-hybridized carbons (Fsp3) is 0.500. The molecule has 1 rings (SSSR count). The van der Waals surface area contributed by atoms with E-state index in [1.165, 1.54) is 5.56 Å². The molecule has 0 aliphatic rings. The molecule has 18 heavy (non-hydrogen) atoms. The Morgan fingerprint density at radius 3 is 2.61 bits per heavy atom. The lowest BCUT2D eigenvalue weighted by atomic mass is 10.1. The van der Waals surface area contributed by atoms with Crippen LogP contribution in [0.25, 0.3) is 0 Å². The lowest BCUT2D eigenvalue weighted by molar-refractivity contribution is 0.241. The summed E-state index contributed by atoms with van der Waals surface area (Å²) in [5.74, 6) is 0. The number of nitrogens with zero attached hydrogens (tertiary/aromatic N) is 1. The summed E-state index contributed by atoms with van der Waals surface area (Å²) in [6.45, 7) is 7.22. The molecule has 0 aromatic heterocycles. The van der Waals surface area contributed by atoms with E-state index in [4.69, 9.17) is 0 Å². The molecular weight excluding hydrogens is 226 g/mol. The quantitative estimate of drug-likeness (QED) is 0.809. The van der Waals surface area contributed by atoms with Gasteiger partial charge in [0.15, 0.2) is 0 Å².